The molecule has 0 aliphatic carbocycles. The average molecular weight is 201 g/mol. The first-order valence-electron chi connectivity index (χ1n) is 5.87. The number of nitrogens with zero attached hydrogens (tertiary/aromatic N) is 1. The summed E-state index contributed by atoms with van der Waals surface area (Å²) in [5.41, 5.74) is 0. The van der Waals surface area contributed by atoms with Crippen LogP contribution in [0.5, 0.6) is 0 Å². The molecule has 0 amide bonds. The lowest BCUT2D eigenvalue weighted by Gasteiger charge is -2.19. The second-order valence-electron chi connectivity index (χ2n) is 3.72. The Balaban J connectivity index is 0.000000791. The molecule has 0 unspecified atom stereocenters. The van der Waals surface area contributed by atoms with E-state index in [0.29, 0.717) is 0 Å². The molecule has 0 bridgehead atoms. The van der Waals surface area contributed by atoms with Crippen LogP contribution in [0, 0.1) is 5.92 Å². The van der Waals surface area contributed by atoms with Crippen LogP contribution in [0.3, 0.4) is 0 Å². The molecule has 86 valence electrons. The van der Waals surface area contributed by atoms with Crippen LogP contribution in [0.2, 0.25) is 0 Å². The highest BCUT2D eigenvalue weighted by Gasteiger charge is 2.15. The number of hydrogen-bond donors (Lipinski definition) is 2. The molecule has 1 aliphatic heterocycles. The summed E-state index contributed by atoms with van der Waals surface area (Å²) in [6, 6.07) is 0. The first kappa shape index (κ1) is 13.9. The maximum absolute atomic E-state index is 3.39. The van der Waals surface area contributed by atoms with Gasteiger partial charge >= 0.3 is 0 Å². The molecular weight excluding hydrogens is 174 g/mol. The van der Waals surface area contributed by atoms with Gasteiger partial charge in [0, 0.05) is 19.6 Å². The van der Waals surface area contributed by atoms with E-state index < -0.39 is 0 Å². The highest BCUT2D eigenvalue weighted by atomic mass is 15.1. The van der Waals surface area contributed by atoms with Gasteiger partial charge in [-0.2, -0.15) is 0 Å². The van der Waals surface area contributed by atoms with Crippen molar-refractivity contribution in [3.63, 3.8) is 0 Å². The molecule has 0 saturated carbocycles. The predicted octanol–water partition coefficient (Wildman–Crippen LogP) is 0.773. The van der Waals surface area contributed by atoms with Gasteiger partial charge in [-0.15, -0.1) is 0 Å². The Hall–Kier alpha value is -0.120. The molecule has 1 saturated heterocycles. The summed E-state index contributed by atoms with van der Waals surface area (Å²) in [6.45, 7) is 9.92. The van der Waals surface area contributed by atoms with Gasteiger partial charge in [-0.1, -0.05) is 13.8 Å². The summed E-state index contributed by atoms with van der Waals surface area (Å²) >= 11 is 0. The quantitative estimate of drug-likeness (QED) is 0.688. The highest BCUT2D eigenvalue weighted by molar-refractivity contribution is 4.73. The molecule has 1 fully saturated rings. The minimum absolute atomic E-state index is 0.881. The van der Waals surface area contributed by atoms with Gasteiger partial charge in [-0.05, 0) is 39.5 Å². The van der Waals surface area contributed by atoms with E-state index in [1.54, 1.807) is 0 Å². The normalized spacial score (nSPS) is 20.8. The lowest BCUT2D eigenvalue weighted by atomic mass is 10.1. The molecule has 3 nitrogen and oxygen atoms in total. The van der Waals surface area contributed by atoms with Gasteiger partial charge in [-0.3, -0.25) is 0 Å². The molecule has 0 aromatic heterocycles. The third kappa shape index (κ3) is 6.35. The second kappa shape index (κ2) is 9.44. The highest BCUT2D eigenvalue weighted by Crippen LogP contribution is 2.07. The van der Waals surface area contributed by atoms with Crippen LogP contribution in [0.4, 0.5) is 0 Å². The number of hydrogen-bond acceptors (Lipinski definition) is 3. The molecule has 0 aromatic carbocycles. The largest absolute Gasteiger partial charge is 0.318 e. The van der Waals surface area contributed by atoms with E-state index in [-0.39, 0.29) is 0 Å². The lowest BCUT2D eigenvalue weighted by molar-refractivity contribution is 0.287. The van der Waals surface area contributed by atoms with Crippen molar-refractivity contribution in [2.45, 2.75) is 20.3 Å². The lowest BCUT2D eigenvalue weighted by Crippen LogP contribution is -2.32. The van der Waals surface area contributed by atoms with Crippen molar-refractivity contribution in [1.29, 1.82) is 0 Å². The summed E-state index contributed by atoms with van der Waals surface area (Å²) in [6.07, 6.45) is 1.35. The molecule has 3 heteroatoms. The molecule has 14 heavy (non-hydrogen) atoms. The van der Waals surface area contributed by atoms with Crippen molar-refractivity contribution < 1.29 is 0 Å². The fraction of sp³-hybridized carbons (Fsp3) is 1.00. The summed E-state index contributed by atoms with van der Waals surface area (Å²) in [5, 5.41) is 6.56. The van der Waals surface area contributed by atoms with Crippen molar-refractivity contribution in [3.8, 4) is 0 Å². The van der Waals surface area contributed by atoms with E-state index in [1.807, 2.05) is 20.9 Å². The van der Waals surface area contributed by atoms with E-state index in [9.17, 15) is 0 Å². The van der Waals surface area contributed by atoms with Crippen LogP contribution >= 0.6 is 0 Å². The number of rotatable bonds is 5. The van der Waals surface area contributed by atoms with Crippen LogP contribution in [-0.2, 0) is 0 Å². The fourth-order valence-electron chi connectivity index (χ4n) is 1.70. The van der Waals surface area contributed by atoms with Gasteiger partial charge in [0.25, 0.3) is 0 Å². The Labute approximate surface area is 89.2 Å². The summed E-state index contributed by atoms with van der Waals surface area (Å²) < 4.78 is 0. The Bertz CT molecular complexity index is 111. The predicted molar refractivity (Wildman–Crippen MR) is 63.7 cm³/mol. The van der Waals surface area contributed by atoms with Crippen LogP contribution in [-0.4, -0.2) is 51.7 Å². The SMILES string of the molecule is CC.CNCCN(C)C[C@@H]1CCNC1. The Kier molecular flexibility index (Phi) is 9.35. The maximum atomic E-state index is 3.39. The average Bonchev–Trinajstić information content (AvgIpc) is 2.70. The zero-order valence-electron chi connectivity index (χ0n) is 10.3. The minimum Gasteiger partial charge on any atom is -0.318 e. The monoisotopic (exact) mass is 201 g/mol. The van der Waals surface area contributed by atoms with Crippen LogP contribution in [0.15, 0.2) is 0 Å². The van der Waals surface area contributed by atoms with Crippen molar-refractivity contribution in [3.05, 3.63) is 0 Å². The van der Waals surface area contributed by atoms with Gasteiger partial charge in [0.05, 0.1) is 0 Å². The molecule has 1 atom stereocenters. The van der Waals surface area contributed by atoms with E-state index in [0.717, 1.165) is 19.0 Å². The van der Waals surface area contributed by atoms with Gasteiger partial charge in [0.1, 0.15) is 0 Å². The maximum Gasteiger partial charge on any atom is 0.0104 e. The Morgan fingerprint density at radius 1 is 1.43 bits per heavy atom. The first-order valence-corrected chi connectivity index (χ1v) is 5.87. The molecule has 1 aliphatic rings. The topological polar surface area (TPSA) is 27.3 Å². The van der Waals surface area contributed by atoms with Crippen molar-refractivity contribution in [2.75, 3.05) is 46.8 Å². The molecule has 0 spiro atoms. The van der Waals surface area contributed by atoms with Gasteiger partial charge in [0.2, 0.25) is 0 Å². The minimum atomic E-state index is 0.881. The third-order valence-corrected chi connectivity index (χ3v) is 2.48. The zero-order valence-corrected chi connectivity index (χ0v) is 10.3. The second-order valence-corrected chi connectivity index (χ2v) is 3.72. The molecule has 0 radical (unpaired) electrons. The first-order chi connectivity index (χ1) is 6.83. The molecular formula is C11H27N3. The molecule has 2 N–H and O–H groups in total. The van der Waals surface area contributed by atoms with Crippen molar-refractivity contribution >= 4 is 0 Å². The number of nitrogens with one attached hydrogen (secondary N) is 2. The smallest absolute Gasteiger partial charge is 0.0104 e. The zero-order chi connectivity index (χ0) is 10.8. The van der Waals surface area contributed by atoms with Gasteiger partial charge in [-0.25, -0.2) is 0 Å². The Morgan fingerprint density at radius 2 is 2.14 bits per heavy atom. The van der Waals surface area contributed by atoms with Crippen molar-refractivity contribution in [2.24, 2.45) is 5.92 Å². The number of likely N-dealkylation sites (N-methyl/N-ethyl adjacent to an activating group) is 2. The summed E-state index contributed by atoms with van der Waals surface area (Å²) in [7, 11) is 4.21. The standard InChI is InChI=1S/C9H21N3.C2H6/c1-10-5-6-12(2)8-9-3-4-11-7-9;1-2/h9-11H,3-8H2,1-2H3;1-2H3/t9-;/m1./s1. The van der Waals surface area contributed by atoms with Gasteiger partial charge < -0.3 is 15.5 Å². The van der Waals surface area contributed by atoms with Crippen LogP contribution in [0.1, 0.15) is 20.3 Å². The third-order valence-electron chi connectivity index (χ3n) is 2.48. The molecule has 1 heterocycles. The Morgan fingerprint density at radius 3 is 2.64 bits per heavy atom. The van der Waals surface area contributed by atoms with E-state index in [1.165, 1.54) is 26.1 Å². The fourth-order valence-corrected chi connectivity index (χ4v) is 1.70. The summed E-state index contributed by atoms with van der Waals surface area (Å²) in [5.74, 6) is 0.881. The van der Waals surface area contributed by atoms with E-state index >= 15 is 0 Å². The van der Waals surface area contributed by atoms with E-state index in [4.69, 9.17) is 0 Å². The molecule has 0 aromatic rings. The van der Waals surface area contributed by atoms with Gasteiger partial charge in [0.15, 0.2) is 0 Å². The molecule has 1 rings (SSSR count). The summed E-state index contributed by atoms with van der Waals surface area (Å²) in [4.78, 5) is 2.41. The van der Waals surface area contributed by atoms with E-state index in [2.05, 4.69) is 22.6 Å². The van der Waals surface area contributed by atoms with Crippen LogP contribution < -0.4 is 10.6 Å². The van der Waals surface area contributed by atoms with Crippen LogP contribution in [0.25, 0.3) is 0 Å². The van der Waals surface area contributed by atoms with Crippen molar-refractivity contribution in [1.82, 2.24) is 15.5 Å².